The summed E-state index contributed by atoms with van der Waals surface area (Å²) in [5.41, 5.74) is 1.73. The summed E-state index contributed by atoms with van der Waals surface area (Å²) >= 11 is 1.14. The van der Waals surface area contributed by atoms with Crippen molar-refractivity contribution in [2.45, 2.75) is 31.9 Å². The standard InChI is InChI=1S/C14H16N4O2S/c1-2-10-13(21-18-17-10)14(19)16-11-5-7-20-12(11)9-4-3-6-15-8-9/h3-4,6,8,11-12H,2,5,7H2,1H3,(H,16,19)/t11-,12+/m0/s1. The first-order valence-corrected chi connectivity index (χ1v) is 7.70. The summed E-state index contributed by atoms with van der Waals surface area (Å²) in [6, 6.07) is 3.79. The molecule has 2 aromatic rings. The number of nitrogens with one attached hydrogen (secondary N) is 1. The van der Waals surface area contributed by atoms with Gasteiger partial charge in [0.05, 0.1) is 11.7 Å². The first-order chi connectivity index (χ1) is 10.3. The lowest BCUT2D eigenvalue weighted by molar-refractivity contribution is 0.0822. The smallest absolute Gasteiger partial charge is 0.265 e. The fourth-order valence-corrected chi connectivity index (χ4v) is 3.11. The van der Waals surface area contributed by atoms with Gasteiger partial charge in [-0.15, -0.1) is 5.10 Å². The van der Waals surface area contributed by atoms with Crippen molar-refractivity contribution in [1.82, 2.24) is 19.9 Å². The Labute approximate surface area is 126 Å². The first kappa shape index (κ1) is 14.1. The molecule has 6 nitrogen and oxygen atoms in total. The van der Waals surface area contributed by atoms with Crippen LogP contribution in [0.3, 0.4) is 0 Å². The van der Waals surface area contributed by atoms with E-state index in [2.05, 4.69) is 19.9 Å². The number of ether oxygens (including phenoxy) is 1. The monoisotopic (exact) mass is 304 g/mol. The van der Waals surface area contributed by atoms with Gasteiger partial charge >= 0.3 is 0 Å². The van der Waals surface area contributed by atoms with E-state index in [1.54, 1.807) is 12.4 Å². The highest BCUT2D eigenvalue weighted by molar-refractivity contribution is 7.08. The van der Waals surface area contributed by atoms with Gasteiger partial charge in [-0.3, -0.25) is 9.78 Å². The molecule has 3 rings (SSSR count). The maximum atomic E-state index is 12.4. The minimum Gasteiger partial charge on any atom is -0.371 e. The predicted molar refractivity (Wildman–Crippen MR) is 78.1 cm³/mol. The number of hydrogen-bond donors (Lipinski definition) is 1. The first-order valence-electron chi connectivity index (χ1n) is 6.93. The molecule has 0 saturated carbocycles. The van der Waals surface area contributed by atoms with E-state index in [0.29, 0.717) is 17.9 Å². The Balaban J connectivity index is 1.73. The Hall–Kier alpha value is -1.86. The van der Waals surface area contributed by atoms with Crippen molar-refractivity contribution in [3.8, 4) is 0 Å². The van der Waals surface area contributed by atoms with E-state index in [4.69, 9.17) is 4.74 Å². The lowest BCUT2D eigenvalue weighted by Crippen LogP contribution is -2.36. The van der Waals surface area contributed by atoms with Crippen molar-refractivity contribution in [1.29, 1.82) is 0 Å². The Bertz CT molecular complexity index is 616. The normalized spacial score (nSPS) is 21.4. The third-order valence-corrected chi connectivity index (χ3v) is 4.28. The Morgan fingerprint density at radius 2 is 2.48 bits per heavy atom. The molecule has 1 saturated heterocycles. The van der Waals surface area contributed by atoms with Crippen LogP contribution in [-0.2, 0) is 11.2 Å². The number of aromatic nitrogens is 3. The summed E-state index contributed by atoms with van der Waals surface area (Å²) in [5.74, 6) is -0.119. The van der Waals surface area contributed by atoms with E-state index in [0.717, 1.165) is 29.2 Å². The molecular formula is C14H16N4O2S. The molecule has 2 atom stereocenters. The summed E-state index contributed by atoms with van der Waals surface area (Å²) in [6.45, 7) is 2.59. The highest BCUT2D eigenvalue weighted by Gasteiger charge is 2.32. The van der Waals surface area contributed by atoms with Gasteiger partial charge in [-0.05, 0) is 30.4 Å². The molecule has 3 heterocycles. The molecule has 1 fully saturated rings. The number of hydrogen-bond acceptors (Lipinski definition) is 6. The van der Waals surface area contributed by atoms with E-state index in [1.165, 1.54) is 0 Å². The Kier molecular flexibility index (Phi) is 4.21. The lowest BCUT2D eigenvalue weighted by Gasteiger charge is -2.19. The number of carbonyl (C=O) groups excluding carboxylic acids is 1. The number of pyridine rings is 1. The van der Waals surface area contributed by atoms with Crippen molar-refractivity contribution in [2.24, 2.45) is 0 Å². The fourth-order valence-electron chi connectivity index (χ4n) is 2.46. The van der Waals surface area contributed by atoms with E-state index < -0.39 is 0 Å². The molecule has 0 spiro atoms. The second kappa shape index (κ2) is 6.28. The molecular weight excluding hydrogens is 288 g/mol. The van der Waals surface area contributed by atoms with Gasteiger partial charge in [-0.1, -0.05) is 17.5 Å². The van der Waals surface area contributed by atoms with Gasteiger partial charge < -0.3 is 10.1 Å². The molecule has 0 aliphatic carbocycles. The highest BCUT2D eigenvalue weighted by Crippen LogP contribution is 2.29. The van der Waals surface area contributed by atoms with Crippen LogP contribution in [0.5, 0.6) is 0 Å². The van der Waals surface area contributed by atoms with Crippen LogP contribution < -0.4 is 5.32 Å². The van der Waals surface area contributed by atoms with Crippen LogP contribution in [0.2, 0.25) is 0 Å². The fraction of sp³-hybridized carbons (Fsp3) is 0.429. The van der Waals surface area contributed by atoms with Crippen molar-refractivity contribution < 1.29 is 9.53 Å². The molecule has 2 aromatic heterocycles. The Morgan fingerprint density at radius 3 is 3.24 bits per heavy atom. The van der Waals surface area contributed by atoms with E-state index >= 15 is 0 Å². The van der Waals surface area contributed by atoms with Crippen LogP contribution in [0.1, 0.15) is 40.4 Å². The summed E-state index contributed by atoms with van der Waals surface area (Å²) in [6.07, 6.45) is 4.85. The minimum absolute atomic E-state index is 0.0477. The minimum atomic E-state index is -0.145. The summed E-state index contributed by atoms with van der Waals surface area (Å²) in [7, 11) is 0. The number of amides is 1. The van der Waals surface area contributed by atoms with Crippen molar-refractivity contribution >= 4 is 17.4 Å². The van der Waals surface area contributed by atoms with Gasteiger partial charge in [0.25, 0.3) is 5.91 Å². The van der Waals surface area contributed by atoms with Gasteiger partial charge in [0.2, 0.25) is 0 Å². The number of aryl methyl sites for hydroxylation is 1. The number of carbonyl (C=O) groups is 1. The third kappa shape index (κ3) is 2.93. The van der Waals surface area contributed by atoms with Crippen LogP contribution in [-0.4, -0.2) is 33.1 Å². The quantitative estimate of drug-likeness (QED) is 0.931. The zero-order valence-electron chi connectivity index (χ0n) is 11.7. The average molecular weight is 304 g/mol. The topological polar surface area (TPSA) is 77.0 Å². The molecule has 0 radical (unpaired) electrons. The SMILES string of the molecule is CCc1nnsc1C(=O)N[C@H]1CCO[C@@H]1c1cccnc1. The maximum absolute atomic E-state index is 12.4. The van der Waals surface area contributed by atoms with Crippen LogP contribution >= 0.6 is 11.5 Å². The highest BCUT2D eigenvalue weighted by atomic mass is 32.1. The molecule has 1 amide bonds. The molecule has 1 aliphatic heterocycles. The zero-order valence-corrected chi connectivity index (χ0v) is 12.5. The second-order valence-corrected chi connectivity index (χ2v) is 5.60. The summed E-state index contributed by atoms with van der Waals surface area (Å²) in [5, 5.41) is 7.02. The largest absolute Gasteiger partial charge is 0.371 e. The maximum Gasteiger partial charge on any atom is 0.265 e. The molecule has 1 aliphatic rings. The number of nitrogens with zero attached hydrogens (tertiary/aromatic N) is 3. The lowest BCUT2D eigenvalue weighted by atomic mass is 10.0. The van der Waals surface area contributed by atoms with Gasteiger partial charge in [0.1, 0.15) is 11.0 Å². The summed E-state index contributed by atoms with van der Waals surface area (Å²) < 4.78 is 9.60. The molecule has 7 heteroatoms. The van der Waals surface area contributed by atoms with Crippen LogP contribution in [0.25, 0.3) is 0 Å². The molecule has 21 heavy (non-hydrogen) atoms. The van der Waals surface area contributed by atoms with Crippen molar-refractivity contribution in [3.63, 3.8) is 0 Å². The van der Waals surface area contributed by atoms with Crippen LogP contribution in [0, 0.1) is 0 Å². The van der Waals surface area contributed by atoms with E-state index in [-0.39, 0.29) is 18.1 Å². The van der Waals surface area contributed by atoms with Gasteiger partial charge in [-0.2, -0.15) is 0 Å². The Morgan fingerprint density at radius 1 is 1.57 bits per heavy atom. The predicted octanol–water partition coefficient (Wildman–Crippen LogP) is 1.76. The molecule has 0 unspecified atom stereocenters. The molecule has 0 aromatic carbocycles. The van der Waals surface area contributed by atoms with Crippen molar-refractivity contribution in [3.05, 3.63) is 40.7 Å². The molecule has 110 valence electrons. The average Bonchev–Trinajstić information content (AvgIpc) is 3.16. The van der Waals surface area contributed by atoms with Crippen LogP contribution in [0.4, 0.5) is 0 Å². The van der Waals surface area contributed by atoms with Gasteiger partial charge in [-0.25, -0.2) is 0 Å². The van der Waals surface area contributed by atoms with E-state index in [9.17, 15) is 4.79 Å². The number of rotatable bonds is 4. The second-order valence-electron chi connectivity index (χ2n) is 4.85. The van der Waals surface area contributed by atoms with Gasteiger partial charge in [0.15, 0.2) is 0 Å². The molecule has 1 N–H and O–H groups in total. The zero-order chi connectivity index (χ0) is 14.7. The summed E-state index contributed by atoms with van der Waals surface area (Å²) in [4.78, 5) is 17.1. The third-order valence-electron chi connectivity index (χ3n) is 3.52. The van der Waals surface area contributed by atoms with Gasteiger partial charge in [0, 0.05) is 24.6 Å². The van der Waals surface area contributed by atoms with Crippen molar-refractivity contribution in [2.75, 3.05) is 6.61 Å². The van der Waals surface area contributed by atoms with Crippen LogP contribution in [0.15, 0.2) is 24.5 Å². The molecule has 0 bridgehead atoms. The van der Waals surface area contributed by atoms with E-state index in [1.807, 2.05) is 19.1 Å².